The highest BCUT2D eigenvalue weighted by molar-refractivity contribution is 5.89. The summed E-state index contributed by atoms with van der Waals surface area (Å²) in [6.45, 7) is 4.15. The second-order valence-electron chi connectivity index (χ2n) is 6.48. The van der Waals surface area contributed by atoms with Gasteiger partial charge in [0.1, 0.15) is 5.75 Å². The van der Waals surface area contributed by atoms with Gasteiger partial charge in [0.15, 0.2) is 0 Å². The van der Waals surface area contributed by atoms with E-state index in [1.165, 1.54) is 0 Å². The van der Waals surface area contributed by atoms with Crippen LogP contribution in [0.3, 0.4) is 0 Å². The molecule has 0 saturated heterocycles. The number of hydrogen-bond acceptors (Lipinski definition) is 6. The van der Waals surface area contributed by atoms with Gasteiger partial charge in [-0.1, -0.05) is 30.3 Å². The number of nitrogens with zero attached hydrogens (tertiary/aromatic N) is 1. The van der Waals surface area contributed by atoms with Crippen molar-refractivity contribution in [2.45, 2.75) is 26.0 Å². The summed E-state index contributed by atoms with van der Waals surface area (Å²) in [6.07, 6.45) is -0.0925. The molecule has 0 amide bonds. The highest BCUT2D eigenvalue weighted by atomic mass is 16.5. The zero-order chi connectivity index (χ0) is 20.2. The summed E-state index contributed by atoms with van der Waals surface area (Å²) in [5.74, 6) is 0.281. The van der Waals surface area contributed by atoms with Crippen LogP contribution in [0, 0.1) is 0 Å². The monoisotopic (exact) mass is 387 g/mol. The first kappa shape index (κ1) is 21.9. The van der Waals surface area contributed by atoms with Crippen LogP contribution in [0.2, 0.25) is 0 Å². The first-order valence-corrected chi connectivity index (χ1v) is 9.57. The minimum atomic E-state index is -0.561. The van der Waals surface area contributed by atoms with Gasteiger partial charge < -0.3 is 19.7 Å². The van der Waals surface area contributed by atoms with E-state index >= 15 is 0 Å². The lowest BCUT2D eigenvalue weighted by Gasteiger charge is -2.24. The molecule has 152 valence electrons. The molecule has 0 heterocycles. The molecule has 6 nitrogen and oxygen atoms in total. The topological polar surface area (TPSA) is 79.2 Å². The van der Waals surface area contributed by atoms with Gasteiger partial charge in [-0.25, -0.2) is 4.79 Å². The number of aliphatic hydroxyl groups excluding tert-OH is 2. The van der Waals surface area contributed by atoms with E-state index in [1.54, 1.807) is 31.2 Å². The normalized spacial score (nSPS) is 12.0. The lowest BCUT2D eigenvalue weighted by Crippen LogP contribution is -2.34. The Balaban J connectivity index is 1.76. The van der Waals surface area contributed by atoms with E-state index < -0.39 is 6.10 Å². The summed E-state index contributed by atoms with van der Waals surface area (Å²) in [7, 11) is 0. The summed E-state index contributed by atoms with van der Waals surface area (Å²) < 4.78 is 10.6. The van der Waals surface area contributed by atoms with Crippen molar-refractivity contribution in [3.05, 3.63) is 65.7 Å². The fourth-order valence-electron chi connectivity index (χ4n) is 2.82. The van der Waals surface area contributed by atoms with Gasteiger partial charge in [0, 0.05) is 26.1 Å². The molecular formula is C22H29NO5. The van der Waals surface area contributed by atoms with Gasteiger partial charge in [-0.3, -0.25) is 4.90 Å². The van der Waals surface area contributed by atoms with Crippen LogP contribution >= 0.6 is 0 Å². The molecule has 2 rings (SSSR count). The van der Waals surface area contributed by atoms with Crippen molar-refractivity contribution in [3.8, 4) is 5.75 Å². The molecule has 0 aliphatic rings. The summed E-state index contributed by atoms with van der Waals surface area (Å²) in [5, 5.41) is 19.6. The van der Waals surface area contributed by atoms with Gasteiger partial charge in [0.25, 0.3) is 0 Å². The Morgan fingerprint density at radius 1 is 1.11 bits per heavy atom. The summed E-state index contributed by atoms with van der Waals surface area (Å²) in [5.41, 5.74) is 1.62. The third-order valence-corrected chi connectivity index (χ3v) is 4.22. The molecule has 0 aromatic heterocycles. The molecule has 0 bridgehead atoms. The molecule has 28 heavy (non-hydrogen) atoms. The van der Waals surface area contributed by atoms with Crippen molar-refractivity contribution < 1.29 is 24.5 Å². The Kier molecular flexibility index (Phi) is 9.48. The summed E-state index contributed by atoms with van der Waals surface area (Å²) in [4.78, 5) is 13.6. The van der Waals surface area contributed by atoms with Crippen LogP contribution in [0.25, 0.3) is 0 Å². The third-order valence-electron chi connectivity index (χ3n) is 4.22. The van der Waals surface area contributed by atoms with Crippen LogP contribution < -0.4 is 4.74 Å². The number of rotatable bonds is 12. The van der Waals surface area contributed by atoms with E-state index in [4.69, 9.17) is 9.47 Å². The van der Waals surface area contributed by atoms with Gasteiger partial charge in [0.05, 0.1) is 31.5 Å². The molecule has 2 aromatic carbocycles. The van der Waals surface area contributed by atoms with E-state index in [-0.39, 0.29) is 12.6 Å². The van der Waals surface area contributed by atoms with Crippen LogP contribution in [0.5, 0.6) is 5.75 Å². The zero-order valence-corrected chi connectivity index (χ0v) is 16.3. The first-order valence-electron chi connectivity index (χ1n) is 9.57. The predicted octanol–water partition coefficient (Wildman–Crippen LogP) is 2.49. The van der Waals surface area contributed by atoms with Crippen molar-refractivity contribution in [1.82, 2.24) is 4.90 Å². The van der Waals surface area contributed by atoms with E-state index in [1.807, 2.05) is 35.2 Å². The molecule has 2 N–H and O–H groups in total. The average Bonchev–Trinajstić information content (AvgIpc) is 2.69. The van der Waals surface area contributed by atoms with Crippen molar-refractivity contribution in [2.24, 2.45) is 0 Å². The quantitative estimate of drug-likeness (QED) is 0.545. The minimum Gasteiger partial charge on any atom is -0.493 e. The van der Waals surface area contributed by atoms with E-state index in [9.17, 15) is 15.0 Å². The van der Waals surface area contributed by atoms with Crippen molar-refractivity contribution in [3.63, 3.8) is 0 Å². The molecule has 0 spiro atoms. The molecule has 0 aliphatic heterocycles. The number of aliphatic hydroxyl groups is 2. The van der Waals surface area contributed by atoms with E-state index in [0.29, 0.717) is 50.6 Å². The molecular weight excluding hydrogens is 358 g/mol. The maximum absolute atomic E-state index is 11.6. The second kappa shape index (κ2) is 12.1. The Hall–Kier alpha value is -2.41. The zero-order valence-electron chi connectivity index (χ0n) is 16.3. The largest absolute Gasteiger partial charge is 0.493 e. The molecule has 0 fully saturated rings. The van der Waals surface area contributed by atoms with Gasteiger partial charge >= 0.3 is 5.97 Å². The smallest absolute Gasteiger partial charge is 0.338 e. The molecule has 0 saturated carbocycles. The first-order chi connectivity index (χ1) is 13.6. The molecule has 6 heteroatoms. The van der Waals surface area contributed by atoms with Crippen LogP contribution in [0.1, 0.15) is 29.3 Å². The van der Waals surface area contributed by atoms with Crippen molar-refractivity contribution in [2.75, 3.05) is 32.9 Å². The molecule has 1 unspecified atom stereocenters. The number of hydrogen-bond donors (Lipinski definition) is 2. The van der Waals surface area contributed by atoms with Crippen molar-refractivity contribution >= 4 is 5.97 Å². The standard InChI is InChI=1S/C22H29NO5/c1-2-27-22(26)19-8-10-21(11-9-19)28-15-12-20(25)17-23(13-14-24)16-18-6-4-3-5-7-18/h3-11,20,24-25H,2,12-17H2,1H3. The lowest BCUT2D eigenvalue weighted by molar-refractivity contribution is 0.0526. The fraction of sp³-hybridized carbons (Fsp3) is 0.409. The number of carbonyl (C=O) groups excluding carboxylic acids is 1. The van der Waals surface area contributed by atoms with Crippen molar-refractivity contribution in [1.29, 1.82) is 0 Å². The highest BCUT2D eigenvalue weighted by Gasteiger charge is 2.13. The lowest BCUT2D eigenvalue weighted by atomic mass is 10.2. The Morgan fingerprint density at radius 2 is 1.82 bits per heavy atom. The van der Waals surface area contributed by atoms with E-state index in [2.05, 4.69) is 0 Å². The van der Waals surface area contributed by atoms with Gasteiger partial charge in [-0.2, -0.15) is 0 Å². The fourth-order valence-corrected chi connectivity index (χ4v) is 2.82. The molecule has 1 atom stereocenters. The van der Waals surface area contributed by atoms with Gasteiger partial charge in [0.2, 0.25) is 0 Å². The van der Waals surface area contributed by atoms with Gasteiger partial charge in [-0.05, 0) is 36.8 Å². The number of carbonyl (C=O) groups is 1. The average molecular weight is 387 g/mol. The molecule has 2 aromatic rings. The van der Waals surface area contributed by atoms with Crippen LogP contribution in [0.15, 0.2) is 54.6 Å². The molecule has 0 aliphatic carbocycles. The summed E-state index contributed by atoms with van der Waals surface area (Å²) in [6, 6.07) is 16.7. The maximum atomic E-state index is 11.6. The Labute approximate surface area is 166 Å². The highest BCUT2D eigenvalue weighted by Crippen LogP contribution is 2.14. The Bertz CT molecular complexity index is 690. The SMILES string of the molecule is CCOC(=O)c1ccc(OCCC(O)CN(CCO)Cc2ccccc2)cc1. The number of esters is 1. The maximum Gasteiger partial charge on any atom is 0.338 e. The number of benzene rings is 2. The summed E-state index contributed by atoms with van der Waals surface area (Å²) >= 11 is 0. The van der Waals surface area contributed by atoms with Crippen LogP contribution in [-0.2, 0) is 11.3 Å². The van der Waals surface area contributed by atoms with Gasteiger partial charge in [-0.15, -0.1) is 0 Å². The van der Waals surface area contributed by atoms with Crippen LogP contribution in [0.4, 0.5) is 0 Å². The molecule has 0 radical (unpaired) electrons. The van der Waals surface area contributed by atoms with Crippen LogP contribution in [-0.4, -0.2) is 60.1 Å². The second-order valence-corrected chi connectivity index (χ2v) is 6.48. The van der Waals surface area contributed by atoms with E-state index in [0.717, 1.165) is 5.56 Å². The third kappa shape index (κ3) is 7.68. The Morgan fingerprint density at radius 3 is 2.46 bits per heavy atom. The predicted molar refractivity (Wildman–Crippen MR) is 107 cm³/mol. The minimum absolute atomic E-state index is 0.0445. The number of ether oxygens (including phenoxy) is 2.